The maximum atomic E-state index is 12.5. The molecular formula is C20H26ClN5O2+2. The zero-order chi connectivity index (χ0) is 19.9. The second-order valence-corrected chi connectivity index (χ2v) is 7.35. The molecule has 0 unspecified atom stereocenters. The third kappa shape index (κ3) is 5.43. The highest BCUT2D eigenvalue weighted by Crippen LogP contribution is 2.20. The minimum Gasteiger partial charge on any atom is -0.332 e. The van der Waals surface area contributed by atoms with Crippen LogP contribution >= 0.6 is 11.6 Å². The van der Waals surface area contributed by atoms with E-state index in [2.05, 4.69) is 21.3 Å². The Hall–Kier alpha value is -2.64. The van der Waals surface area contributed by atoms with Gasteiger partial charge in [-0.15, -0.1) is 0 Å². The summed E-state index contributed by atoms with van der Waals surface area (Å²) in [5.74, 6) is 0.800. The fourth-order valence-electron chi connectivity index (χ4n) is 3.23. The van der Waals surface area contributed by atoms with Crippen LogP contribution in [0, 0.1) is 0 Å². The van der Waals surface area contributed by atoms with E-state index in [0.29, 0.717) is 17.3 Å². The quantitative estimate of drug-likeness (QED) is 0.710. The van der Waals surface area contributed by atoms with Gasteiger partial charge in [0.15, 0.2) is 6.54 Å². The van der Waals surface area contributed by atoms with Crippen LogP contribution in [0.5, 0.6) is 0 Å². The summed E-state index contributed by atoms with van der Waals surface area (Å²) >= 11 is 6.05. The molecule has 1 aliphatic rings. The fraction of sp³-hybridized carbons (Fsp3) is 0.350. The number of rotatable bonds is 6. The number of carbonyl (C=O) groups excluding carboxylic acids is 2. The van der Waals surface area contributed by atoms with Crippen molar-refractivity contribution in [3.05, 3.63) is 53.7 Å². The van der Waals surface area contributed by atoms with Crippen LogP contribution in [0.4, 0.5) is 11.5 Å². The SMILES string of the molecule is CN(CC(=O)Nc1ccccc1Cl)C(=O)C[NH+]1CCN(c2cccc[nH+]2)CC1. The molecule has 1 aromatic heterocycles. The van der Waals surface area contributed by atoms with Gasteiger partial charge in [-0.2, -0.15) is 0 Å². The lowest BCUT2D eigenvalue weighted by Crippen LogP contribution is -3.16. The molecule has 148 valence electrons. The molecule has 2 heterocycles. The summed E-state index contributed by atoms with van der Waals surface area (Å²) in [6.45, 7) is 3.94. The van der Waals surface area contributed by atoms with Gasteiger partial charge < -0.3 is 15.1 Å². The lowest BCUT2D eigenvalue weighted by atomic mass is 10.3. The zero-order valence-electron chi connectivity index (χ0n) is 16.0. The van der Waals surface area contributed by atoms with Crippen molar-refractivity contribution in [1.29, 1.82) is 0 Å². The number of hydrogen-bond acceptors (Lipinski definition) is 3. The zero-order valence-corrected chi connectivity index (χ0v) is 16.7. The summed E-state index contributed by atoms with van der Waals surface area (Å²) in [6, 6.07) is 13.1. The van der Waals surface area contributed by atoms with Crippen molar-refractivity contribution in [2.45, 2.75) is 0 Å². The molecule has 2 amide bonds. The number of likely N-dealkylation sites (N-methyl/N-ethyl adjacent to an activating group) is 1. The summed E-state index contributed by atoms with van der Waals surface area (Å²) in [6.07, 6.45) is 1.92. The Morgan fingerprint density at radius 3 is 2.57 bits per heavy atom. The first-order valence-electron chi connectivity index (χ1n) is 9.36. The van der Waals surface area contributed by atoms with Crippen molar-refractivity contribution >= 4 is 34.9 Å². The van der Waals surface area contributed by atoms with Gasteiger partial charge in [0.05, 0.1) is 23.5 Å². The Morgan fingerprint density at radius 1 is 1.18 bits per heavy atom. The predicted octanol–water partition coefficient (Wildman–Crippen LogP) is -0.0439. The summed E-state index contributed by atoms with van der Waals surface area (Å²) in [4.78, 5) is 32.9. The van der Waals surface area contributed by atoms with E-state index in [4.69, 9.17) is 11.6 Å². The Kier molecular flexibility index (Phi) is 6.84. The van der Waals surface area contributed by atoms with Crippen LogP contribution in [0.25, 0.3) is 0 Å². The van der Waals surface area contributed by atoms with Crippen molar-refractivity contribution < 1.29 is 19.5 Å². The highest BCUT2D eigenvalue weighted by molar-refractivity contribution is 6.33. The fourth-order valence-corrected chi connectivity index (χ4v) is 3.41. The molecule has 3 rings (SSSR count). The summed E-state index contributed by atoms with van der Waals surface area (Å²) in [5, 5.41) is 3.22. The number of amides is 2. The number of pyridine rings is 1. The van der Waals surface area contributed by atoms with E-state index in [1.807, 2.05) is 18.3 Å². The van der Waals surface area contributed by atoms with Gasteiger partial charge in [0, 0.05) is 13.1 Å². The van der Waals surface area contributed by atoms with Crippen molar-refractivity contribution in [3.8, 4) is 0 Å². The maximum absolute atomic E-state index is 12.5. The number of nitrogens with one attached hydrogen (secondary N) is 3. The largest absolute Gasteiger partial charge is 0.332 e. The number of aromatic amines is 1. The minimum atomic E-state index is -0.261. The Morgan fingerprint density at radius 2 is 1.89 bits per heavy atom. The van der Waals surface area contributed by atoms with Crippen LogP contribution in [0.1, 0.15) is 0 Å². The van der Waals surface area contributed by atoms with E-state index in [9.17, 15) is 9.59 Å². The third-order valence-corrected chi connectivity index (χ3v) is 5.19. The number of benzene rings is 1. The van der Waals surface area contributed by atoms with E-state index < -0.39 is 0 Å². The van der Waals surface area contributed by atoms with Gasteiger partial charge in [-0.05, 0) is 18.2 Å². The highest BCUT2D eigenvalue weighted by Gasteiger charge is 2.28. The monoisotopic (exact) mass is 403 g/mol. The number of hydrogen-bond donors (Lipinski definition) is 2. The van der Waals surface area contributed by atoms with E-state index in [-0.39, 0.29) is 18.4 Å². The molecule has 0 spiro atoms. The van der Waals surface area contributed by atoms with Crippen LogP contribution in [-0.4, -0.2) is 63.0 Å². The van der Waals surface area contributed by atoms with Gasteiger partial charge in [-0.1, -0.05) is 29.8 Å². The first-order valence-corrected chi connectivity index (χ1v) is 9.74. The number of H-pyrrole nitrogens is 1. The van der Waals surface area contributed by atoms with Crippen LogP contribution in [0.2, 0.25) is 5.02 Å². The standard InChI is InChI=1S/C20H24ClN5O2/c1-24(14-19(27)23-17-7-3-2-6-16(17)21)20(28)15-25-10-12-26(13-11-25)18-8-4-5-9-22-18/h2-9H,10-15H2,1H3,(H,23,27)/p+2. The van der Waals surface area contributed by atoms with Crippen LogP contribution in [0.15, 0.2) is 48.7 Å². The first kappa shape index (κ1) is 20.1. The normalized spacial score (nSPS) is 14.6. The molecule has 1 saturated heterocycles. The van der Waals surface area contributed by atoms with Gasteiger partial charge >= 0.3 is 0 Å². The molecule has 0 aliphatic carbocycles. The van der Waals surface area contributed by atoms with Gasteiger partial charge in [0.2, 0.25) is 5.91 Å². The first-order chi connectivity index (χ1) is 13.5. The molecule has 0 radical (unpaired) electrons. The molecule has 1 aliphatic heterocycles. The molecular weight excluding hydrogens is 378 g/mol. The second-order valence-electron chi connectivity index (χ2n) is 6.94. The van der Waals surface area contributed by atoms with E-state index >= 15 is 0 Å². The maximum Gasteiger partial charge on any atom is 0.277 e. The molecule has 1 aromatic carbocycles. The van der Waals surface area contributed by atoms with E-state index in [1.54, 1.807) is 31.3 Å². The Balaban J connectivity index is 1.43. The number of piperazine rings is 1. The molecule has 28 heavy (non-hydrogen) atoms. The lowest BCUT2D eigenvalue weighted by molar-refractivity contribution is -0.892. The van der Waals surface area contributed by atoms with Gasteiger partial charge in [0.25, 0.3) is 11.7 Å². The Bertz CT molecular complexity index is 809. The van der Waals surface area contributed by atoms with Crippen molar-refractivity contribution in [3.63, 3.8) is 0 Å². The number of halogens is 1. The molecule has 8 heteroatoms. The van der Waals surface area contributed by atoms with E-state index in [1.165, 1.54) is 9.80 Å². The topological polar surface area (TPSA) is 71.2 Å². The minimum absolute atomic E-state index is 0.00242. The number of anilines is 2. The number of aromatic nitrogens is 1. The summed E-state index contributed by atoms with van der Waals surface area (Å²) in [5.41, 5.74) is 0.550. The molecule has 7 nitrogen and oxygen atoms in total. The summed E-state index contributed by atoms with van der Waals surface area (Å²) < 4.78 is 0. The highest BCUT2D eigenvalue weighted by atomic mass is 35.5. The van der Waals surface area contributed by atoms with Crippen molar-refractivity contribution in [2.75, 3.05) is 56.5 Å². The number of nitrogens with zero attached hydrogens (tertiary/aromatic N) is 2. The van der Waals surface area contributed by atoms with Gasteiger partial charge in [-0.25, -0.2) is 4.98 Å². The molecule has 1 fully saturated rings. The molecule has 0 saturated carbocycles. The average molecular weight is 404 g/mol. The van der Waals surface area contributed by atoms with Crippen molar-refractivity contribution in [2.24, 2.45) is 0 Å². The number of quaternary nitrogens is 1. The smallest absolute Gasteiger partial charge is 0.277 e. The van der Waals surface area contributed by atoms with Crippen molar-refractivity contribution in [1.82, 2.24) is 4.90 Å². The second kappa shape index (κ2) is 9.52. The lowest BCUT2D eigenvalue weighted by Gasteiger charge is -2.29. The Labute approximate surface area is 169 Å². The number of para-hydroxylation sites is 1. The number of carbonyl (C=O) groups is 2. The molecule has 3 N–H and O–H groups in total. The predicted molar refractivity (Wildman–Crippen MR) is 108 cm³/mol. The molecule has 2 aromatic rings. The molecule has 0 atom stereocenters. The average Bonchev–Trinajstić information content (AvgIpc) is 2.71. The summed E-state index contributed by atoms with van der Waals surface area (Å²) in [7, 11) is 1.66. The molecule has 0 bridgehead atoms. The van der Waals surface area contributed by atoms with Crippen LogP contribution in [0.3, 0.4) is 0 Å². The third-order valence-electron chi connectivity index (χ3n) is 4.86. The van der Waals surface area contributed by atoms with Crippen LogP contribution in [-0.2, 0) is 9.59 Å². The van der Waals surface area contributed by atoms with Crippen LogP contribution < -0.4 is 20.1 Å². The van der Waals surface area contributed by atoms with E-state index in [0.717, 1.165) is 32.0 Å². The van der Waals surface area contributed by atoms with Gasteiger partial charge in [-0.3, -0.25) is 14.5 Å². The van der Waals surface area contributed by atoms with Gasteiger partial charge in [0.1, 0.15) is 26.2 Å².